The second-order valence-electron chi connectivity index (χ2n) is 4.18. The summed E-state index contributed by atoms with van der Waals surface area (Å²) in [4.78, 5) is 11.3. The zero-order valence-electron chi connectivity index (χ0n) is 10.3. The number of esters is 1. The summed E-state index contributed by atoms with van der Waals surface area (Å²) >= 11 is 1.49. The Labute approximate surface area is 113 Å². The Kier molecular flexibility index (Phi) is 3.24. The lowest BCUT2D eigenvalue weighted by Gasteiger charge is -2.00. The first-order valence-electron chi connectivity index (χ1n) is 5.85. The van der Waals surface area contributed by atoms with Gasteiger partial charge in [0.1, 0.15) is 5.76 Å². The minimum absolute atomic E-state index is 0.208. The molecule has 1 saturated carbocycles. The summed E-state index contributed by atoms with van der Waals surface area (Å²) < 4.78 is 11.8. The average Bonchev–Trinajstić information content (AvgIpc) is 2.99. The molecule has 0 atom stereocenters. The average molecular weight is 280 g/mol. The molecule has 2 aromatic rings. The number of thioether (sulfide) groups is 1. The zero-order chi connectivity index (χ0) is 13.2. The maximum atomic E-state index is 11.3. The van der Waals surface area contributed by atoms with E-state index in [-0.39, 0.29) is 5.76 Å². The van der Waals surface area contributed by atoms with Crippen molar-refractivity contribution in [2.24, 2.45) is 0 Å². The molecular formula is C11H12N4O3S. The number of carbonyl (C=O) groups excluding carboxylic acids is 1. The molecule has 0 radical (unpaired) electrons. The number of hydrogen-bond donors (Lipinski definition) is 0. The third-order valence-corrected chi connectivity index (χ3v) is 3.70. The minimum atomic E-state index is -0.473. The molecule has 1 aliphatic carbocycles. The Morgan fingerprint density at radius 2 is 2.42 bits per heavy atom. The fourth-order valence-corrected chi connectivity index (χ4v) is 2.47. The second-order valence-corrected chi connectivity index (χ2v) is 5.13. The summed E-state index contributed by atoms with van der Waals surface area (Å²) in [5.74, 6) is 0.999. The van der Waals surface area contributed by atoms with Gasteiger partial charge in [-0.15, -0.1) is 5.10 Å². The van der Waals surface area contributed by atoms with Gasteiger partial charge in [-0.25, -0.2) is 9.48 Å². The van der Waals surface area contributed by atoms with Crippen molar-refractivity contribution in [1.82, 2.24) is 20.2 Å². The first kappa shape index (κ1) is 12.2. The quantitative estimate of drug-likeness (QED) is 0.608. The molecule has 0 amide bonds. The van der Waals surface area contributed by atoms with Gasteiger partial charge in [-0.05, 0) is 35.4 Å². The summed E-state index contributed by atoms with van der Waals surface area (Å²) in [7, 11) is 1.32. The van der Waals surface area contributed by atoms with Crippen LogP contribution >= 0.6 is 11.8 Å². The third kappa shape index (κ3) is 2.62. The van der Waals surface area contributed by atoms with Crippen LogP contribution in [0.25, 0.3) is 0 Å². The largest absolute Gasteiger partial charge is 0.463 e. The number of carbonyl (C=O) groups is 1. The van der Waals surface area contributed by atoms with Gasteiger partial charge in [-0.2, -0.15) is 0 Å². The molecule has 1 fully saturated rings. The fourth-order valence-electron chi connectivity index (χ4n) is 1.63. The summed E-state index contributed by atoms with van der Waals surface area (Å²) in [6, 6.07) is 3.80. The van der Waals surface area contributed by atoms with Crippen LogP contribution in [0.5, 0.6) is 0 Å². The molecule has 0 spiro atoms. The Hall–Kier alpha value is -1.83. The molecular weight excluding hydrogens is 268 g/mol. The van der Waals surface area contributed by atoms with E-state index in [2.05, 4.69) is 20.3 Å². The molecule has 0 unspecified atom stereocenters. The van der Waals surface area contributed by atoms with Crippen LogP contribution in [0.1, 0.15) is 35.2 Å². The Morgan fingerprint density at radius 3 is 3.16 bits per heavy atom. The van der Waals surface area contributed by atoms with Crippen LogP contribution in [0.15, 0.2) is 21.7 Å². The van der Waals surface area contributed by atoms with Crippen molar-refractivity contribution in [2.75, 3.05) is 7.11 Å². The summed E-state index contributed by atoms with van der Waals surface area (Å²) in [5, 5.41) is 12.4. The number of ether oxygens (including phenoxy) is 1. The van der Waals surface area contributed by atoms with Gasteiger partial charge in [-0.3, -0.25) is 0 Å². The predicted octanol–water partition coefficient (Wildman–Crippen LogP) is 1.68. The number of rotatable bonds is 5. The number of aromatic nitrogens is 4. The molecule has 3 rings (SSSR count). The SMILES string of the molecule is COC(=O)c1ccc(CSc2nnnn2C2CC2)o1. The number of furan rings is 1. The molecule has 2 aromatic heterocycles. The highest BCUT2D eigenvalue weighted by molar-refractivity contribution is 7.98. The highest BCUT2D eigenvalue weighted by atomic mass is 32.2. The Morgan fingerprint density at radius 1 is 1.58 bits per heavy atom. The van der Waals surface area contributed by atoms with Gasteiger partial charge in [-0.1, -0.05) is 11.8 Å². The highest BCUT2D eigenvalue weighted by Crippen LogP contribution is 2.36. The number of methoxy groups -OCH3 is 1. The molecule has 7 nitrogen and oxygen atoms in total. The predicted molar refractivity (Wildman–Crippen MR) is 65.7 cm³/mol. The molecule has 2 heterocycles. The molecule has 100 valence electrons. The maximum Gasteiger partial charge on any atom is 0.373 e. The van der Waals surface area contributed by atoms with Crippen molar-refractivity contribution in [3.63, 3.8) is 0 Å². The highest BCUT2D eigenvalue weighted by Gasteiger charge is 2.28. The normalized spacial score (nSPS) is 14.6. The van der Waals surface area contributed by atoms with Gasteiger partial charge in [0.15, 0.2) is 0 Å². The van der Waals surface area contributed by atoms with Crippen LogP contribution in [-0.2, 0) is 10.5 Å². The minimum Gasteiger partial charge on any atom is -0.463 e. The van der Waals surface area contributed by atoms with Crippen LogP contribution in [-0.4, -0.2) is 33.3 Å². The smallest absolute Gasteiger partial charge is 0.373 e. The van der Waals surface area contributed by atoms with Gasteiger partial charge in [0.2, 0.25) is 10.9 Å². The van der Waals surface area contributed by atoms with Crippen molar-refractivity contribution in [1.29, 1.82) is 0 Å². The first-order chi connectivity index (χ1) is 9.28. The lowest BCUT2D eigenvalue weighted by Crippen LogP contribution is -1.99. The molecule has 0 aromatic carbocycles. The van der Waals surface area contributed by atoms with E-state index in [1.54, 1.807) is 12.1 Å². The first-order valence-corrected chi connectivity index (χ1v) is 6.84. The van der Waals surface area contributed by atoms with E-state index in [0.29, 0.717) is 17.6 Å². The Bertz CT molecular complexity index is 590. The van der Waals surface area contributed by atoms with Crippen molar-refractivity contribution in [3.05, 3.63) is 23.7 Å². The summed E-state index contributed by atoms with van der Waals surface area (Å²) in [6.07, 6.45) is 2.26. The molecule has 0 saturated heterocycles. The summed E-state index contributed by atoms with van der Waals surface area (Å²) in [5.41, 5.74) is 0. The molecule has 0 bridgehead atoms. The standard InChI is InChI=1S/C11H12N4O3S/c1-17-10(16)9-5-4-8(18-9)6-19-11-12-13-14-15(11)7-2-3-7/h4-5,7H,2-3,6H2,1H3. The van der Waals surface area contributed by atoms with Gasteiger partial charge in [0, 0.05) is 0 Å². The van der Waals surface area contributed by atoms with E-state index >= 15 is 0 Å². The monoisotopic (exact) mass is 280 g/mol. The van der Waals surface area contributed by atoms with Gasteiger partial charge >= 0.3 is 5.97 Å². The lowest BCUT2D eigenvalue weighted by atomic mass is 10.4. The number of tetrazole rings is 1. The lowest BCUT2D eigenvalue weighted by molar-refractivity contribution is 0.0563. The van der Waals surface area contributed by atoms with Gasteiger partial charge in [0.05, 0.1) is 18.9 Å². The fraction of sp³-hybridized carbons (Fsp3) is 0.455. The topological polar surface area (TPSA) is 83.0 Å². The zero-order valence-corrected chi connectivity index (χ0v) is 11.1. The second kappa shape index (κ2) is 5.04. The van der Waals surface area contributed by atoms with E-state index < -0.39 is 5.97 Å². The molecule has 8 heteroatoms. The van der Waals surface area contributed by atoms with Crippen molar-refractivity contribution < 1.29 is 13.9 Å². The van der Waals surface area contributed by atoms with E-state index in [0.717, 1.165) is 18.0 Å². The van der Waals surface area contributed by atoms with Gasteiger partial charge < -0.3 is 9.15 Å². The third-order valence-electron chi connectivity index (χ3n) is 2.75. The van der Waals surface area contributed by atoms with Crippen LogP contribution < -0.4 is 0 Å². The Balaban J connectivity index is 1.64. The maximum absolute atomic E-state index is 11.3. The summed E-state index contributed by atoms with van der Waals surface area (Å²) in [6.45, 7) is 0. The van der Waals surface area contributed by atoms with Crippen LogP contribution in [0, 0.1) is 0 Å². The van der Waals surface area contributed by atoms with Crippen molar-refractivity contribution in [2.45, 2.75) is 29.8 Å². The number of hydrogen-bond acceptors (Lipinski definition) is 7. The van der Waals surface area contributed by atoms with Crippen molar-refractivity contribution in [3.8, 4) is 0 Å². The van der Waals surface area contributed by atoms with E-state index in [9.17, 15) is 4.79 Å². The van der Waals surface area contributed by atoms with Crippen molar-refractivity contribution >= 4 is 17.7 Å². The molecule has 0 aliphatic heterocycles. The van der Waals surface area contributed by atoms with Crippen LogP contribution in [0.4, 0.5) is 0 Å². The molecule has 19 heavy (non-hydrogen) atoms. The van der Waals surface area contributed by atoms with Crippen LogP contribution in [0.2, 0.25) is 0 Å². The van der Waals surface area contributed by atoms with Crippen LogP contribution in [0.3, 0.4) is 0 Å². The van der Waals surface area contributed by atoms with E-state index in [1.807, 2.05) is 4.68 Å². The van der Waals surface area contributed by atoms with Gasteiger partial charge in [0.25, 0.3) is 0 Å². The van der Waals surface area contributed by atoms with E-state index in [4.69, 9.17) is 4.42 Å². The molecule has 0 N–H and O–H groups in total. The van der Waals surface area contributed by atoms with E-state index in [1.165, 1.54) is 18.9 Å². The number of nitrogens with zero attached hydrogens (tertiary/aromatic N) is 4. The molecule has 1 aliphatic rings.